The number of likely N-dealkylation sites (tertiary alicyclic amines) is 1. The predicted octanol–water partition coefficient (Wildman–Crippen LogP) is 1.96. The van der Waals surface area contributed by atoms with Crippen molar-refractivity contribution in [2.24, 2.45) is 0 Å². The van der Waals surface area contributed by atoms with E-state index >= 15 is 0 Å². The molecule has 1 aromatic carbocycles. The van der Waals surface area contributed by atoms with Crippen LogP contribution < -0.4 is 10.1 Å². The fourth-order valence-corrected chi connectivity index (χ4v) is 2.43. The molecule has 1 aromatic rings. The molecule has 0 aliphatic carbocycles. The lowest BCUT2D eigenvalue weighted by Crippen LogP contribution is -2.34. The summed E-state index contributed by atoms with van der Waals surface area (Å²) in [6.45, 7) is 2.01. The molecule has 0 spiro atoms. The normalized spacial score (nSPS) is 14.0. The summed E-state index contributed by atoms with van der Waals surface area (Å²) in [6, 6.07) is 7.27. The lowest BCUT2D eigenvalue weighted by molar-refractivity contribution is -0.130. The van der Waals surface area contributed by atoms with Crippen molar-refractivity contribution in [2.75, 3.05) is 26.2 Å². The molecule has 1 saturated heterocycles. The van der Waals surface area contributed by atoms with Gasteiger partial charge in [-0.1, -0.05) is 15.9 Å². The Balaban J connectivity index is 1.61. The lowest BCUT2D eigenvalue weighted by atomic mass is 10.3. The highest BCUT2D eigenvalue weighted by Gasteiger charge is 2.17. The van der Waals surface area contributed by atoms with Gasteiger partial charge in [0.2, 0.25) is 5.91 Å². The van der Waals surface area contributed by atoms with Crippen molar-refractivity contribution < 1.29 is 14.3 Å². The number of hydrogen-bond donors (Lipinski definition) is 1. The van der Waals surface area contributed by atoms with Gasteiger partial charge in [0.25, 0.3) is 5.91 Å². The van der Waals surface area contributed by atoms with Gasteiger partial charge in [-0.25, -0.2) is 0 Å². The zero-order valence-corrected chi connectivity index (χ0v) is 13.4. The van der Waals surface area contributed by atoms with Gasteiger partial charge in [-0.2, -0.15) is 0 Å². The molecule has 5 nitrogen and oxygen atoms in total. The first-order valence-corrected chi connectivity index (χ1v) is 7.87. The predicted molar refractivity (Wildman–Crippen MR) is 83.1 cm³/mol. The maximum absolute atomic E-state index is 11.8. The van der Waals surface area contributed by atoms with E-state index in [2.05, 4.69) is 21.2 Å². The number of hydrogen-bond acceptors (Lipinski definition) is 3. The maximum atomic E-state index is 11.8. The number of carbonyl (C=O) groups excluding carboxylic acids is 2. The van der Waals surface area contributed by atoms with Crippen LogP contribution in [-0.4, -0.2) is 43.0 Å². The molecule has 0 bridgehead atoms. The minimum atomic E-state index is -0.216. The molecule has 2 amide bonds. The van der Waals surface area contributed by atoms with Crippen LogP contribution in [0.15, 0.2) is 28.7 Å². The first-order chi connectivity index (χ1) is 10.1. The van der Waals surface area contributed by atoms with Gasteiger partial charge in [0, 0.05) is 30.5 Å². The van der Waals surface area contributed by atoms with Gasteiger partial charge >= 0.3 is 0 Å². The third-order valence-electron chi connectivity index (χ3n) is 3.30. The Morgan fingerprint density at radius 2 is 1.86 bits per heavy atom. The summed E-state index contributed by atoms with van der Waals surface area (Å²) in [5.74, 6) is 0.537. The Kier molecular flexibility index (Phi) is 6.04. The van der Waals surface area contributed by atoms with E-state index in [0.717, 1.165) is 30.4 Å². The Hall–Kier alpha value is -1.56. The van der Waals surface area contributed by atoms with Crippen LogP contribution in [0.25, 0.3) is 0 Å². The topological polar surface area (TPSA) is 58.6 Å². The SMILES string of the molecule is O=C(COc1ccc(Br)cc1)NCCC(=O)N1CCCC1. The summed E-state index contributed by atoms with van der Waals surface area (Å²) < 4.78 is 6.31. The highest BCUT2D eigenvalue weighted by molar-refractivity contribution is 9.10. The second-order valence-electron chi connectivity index (χ2n) is 4.93. The van der Waals surface area contributed by atoms with Crippen molar-refractivity contribution in [3.8, 4) is 5.75 Å². The minimum absolute atomic E-state index is 0.0421. The molecule has 6 heteroatoms. The molecule has 1 fully saturated rings. The lowest BCUT2D eigenvalue weighted by Gasteiger charge is -2.15. The number of amides is 2. The number of carbonyl (C=O) groups is 2. The molecule has 21 heavy (non-hydrogen) atoms. The number of nitrogens with zero attached hydrogens (tertiary/aromatic N) is 1. The van der Waals surface area contributed by atoms with Crippen molar-refractivity contribution in [3.63, 3.8) is 0 Å². The van der Waals surface area contributed by atoms with Gasteiger partial charge < -0.3 is 15.0 Å². The summed E-state index contributed by atoms with van der Waals surface area (Å²) in [5, 5.41) is 2.70. The van der Waals surface area contributed by atoms with Crippen molar-refractivity contribution in [3.05, 3.63) is 28.7 Å². The van der Waals surface area contributed by atoms with Gasteiger partial charge in [-0.05, 0) is 37.1 Å². The highest BCUT2D eigenvalue weighted by Crippen LogP contribution is 2.15. The second-order valence-corrected chi connectivity index (χ2v) is 5.85. The van der Waals surface area contributed by atoms with Gasteiger partial charge in [-0.3, -0.25) is 9.59 Å². The molecular weight excluding hydrogens is 336 g/mol. The first-order valence-electron chi connectivity index (χ1n) is 7.08. The zero-order valence-electron chi connectivity index (χ0n) is 11.8. The monoisotopic (exact) mass is 354 g/mol. The maximum Gasteiger partial charge on any atom is 0.257 e. The molecule has 1 heterocycles. The van der Waals surface area contributed by atoms with E-state index in [4.69, 9.17) is 4.74 Å². The Labute approximate surface area is 132 Å². The third-order valence-corrected chi connectivity index (χ3v) is 3.83. The Morgan fingerprint density at radius 1 is 1.19 bits per heavy atom. The van der Waals surface area contributed by atoms with Gasteiger partial charge in [0.05, 0.1) is 0 Å². The quantitative estimate of drug-likeness (QED) is 0.849. The average molecular weight is 355 g/mol. The van der Waals surface area contributed by atoms with Crippen LogP contribution in [-0.2, 0) is 9.59 Å². The molecule has 114 valence electrons. The Morgan fingerprint density at radius 3 is 2.52 bits per heavy atom. The third kappa shape index (κ3) is 5.38. The van der Waals surface area contributed by atoms with E-state index < -0.39 is 0 Å². The smallest absolute Gasteiger partial charge is 0.257 e. The summed E-state index contributed by atoms with van der Waals surface area (Å²) in [4.78, 5) is 25.2. The Bertz CT molecular complexity index is 484. The molecular formula is C15H19BrN2O3. The largest absolute Gasteiger partial charge is 0.484 e. The van der Waals surface area contributed by atoms with Crippen LogP contribution in [0.1, 0.15) is 19.3 Å². The van der Waals surface area contributed by atoms with E-state index in [1.807, 2.05) is 17.0 Å². The molecule has 2 rings (SSSR count). The molecule has 1 aliphatic rings. The van der Waals surface area contributed by atoms with Crippen LogP contribution in [0.5, 0.6) is 5.75 Å². The fraction of sp³-hybridized carbons (Fsp3) is 0.467. The van der Waals surface area contributed by atoms with Crippen molar-refractivity contribution >= 4 is 27.7 Å². The van der Waals surface area contributed by atoms with Crippen molar-refractivity contribution in [1.82, 2.24) is 10.2 Å². The van der Waals surface area contributed by atoms with Crippen molar-refractivity contribution in [1.29, 1.82) is 0 Å². The molecule has 0 aromatic heterocycles. The van der Waals surface area contributed by atoms with Crippen LogP contribution >= 0.6 is 15.9 Å². The molecule has 0 saturated carbocycles. The number of rotatable bonds is 6. The van der Waals surface area contributed by atoms with Crippen LogP contribution in [0.3, 0.4) is 0 Å². The van der Waals surface area contributed by atoms with Gasteiger partial charge in [-0.15, -0.1) is 0 Å². The second kappa shape index (κ2) is 8.02. The molecule has 0 atom stereocenters. The van der Waals surface area contributed by atoms with Gasteiger partial charge in [0.1, 0.15) is 5.75 Å². The van der Waals surface area contributed by atoms with Gasteiger partial charge in [0.15, 0.2) is 6.61 Å². The van der Waals surface area contributed by atoms with Crippen LogP contribution in [0, 0.1) is 0 Å². The van der Waals surface area contributed by atoms with E-state index in [-0.39, 0.29) is 18.4 Å². The summed E-state index contributed by atoms with van der Waals surface area (Å²) in [7, 11) is 0. The zero-order chi connectivity index (χ0) is 15.1. The van der Waals surface area contributed by atoms with Crippen molar-refractivity contribution in [2.45, 2.75) is 19.3 Å². The van der Waals surface area contributed by atoms with E-state index in [9.17, 15) is 9.59 Å². The molecule has 0 radical (unpaired) electrons. The average Bonchev–Trinajstić information content (AvgIpc) is 3.01. The summed E-state index contributed by atoms with van der Waals surface area (Å²) in [6.07, 6.45) is 2.52. The summed E-state index contributed by atoms with van der Waals surface area (Å²) in [5.41, 5.74) is 0. The van der Waals surface area contributed by atoms with Crippen LogP contribution in [0.4, 0.5) is 0 Å². The minimum Gasteiger partial charge on any atom is -0.484 e. The highest BCUT2D eigenvalue weighted by atomic mass is 79.9. The number of halogens is 1. The number of benzene rings is 1. The fourth-order valence-electron chi connectivity index (χ4n) is 2.16. The number of nitrogens with one attached hydrogen (secondary N) is 1. The molecule has 1 N–H and O–H groups in total. The number of ether oxygens (including phenoxy) is 1. The summed E-state index contributed by atoms with van der Waals surface area (Å²) >= 11 is 3.33. The van der Waals surface area contributed by atoms with Crippen LogP contribution in [0.2, 0.25) is 0 Å². The molecule has 1 aliphatic heterocycles. The van der Waals surface area contributed by atoms with E-state index in [1.54, 1.807) is 12.1 Å². The first kappa shape index (κ1) is 15.8. The van der Waals surface area contributed by atoms with E-state index in [1.165, 1.54) is 0 Å². The standard InChI is InChI=1S/C15H19BrN2O3/c16-12-3-5-13(6-4-12)21-11-14(19)17-8-7-15(20)18-9-1-2-10-18/h3-6H,1-2,7-11H2,(H,17,19). The van der Waals surface area contributed by atoms with E-state index in [0.29, 0.717) is 18.7 Å². The molecule has 0 unspecified atom stereocenters.